The van der Waals surface area contributed by atoms with E-state index in [1.165, 1.54) is 25.6 Å². The van der Waals surface area contributed by atoms with Crippen molar-refractivity contribution in [1.82, 2.24) is 0 Å². The summed E-state index contributed by atoms with van der Waals surface area (Å²) in [7, 11) is 0. The molecule has 0 aliphatic rings. The highest BCUT2D eigenvalue weighted by Crippen LogP contribution is 2.39. The Labute approximate surface area is 147 Å². The number of hydrogen-bond donors (Lipinski definition) is 0. The Morgan fingerprint density at radius 2 is 1.70 bits per heavy atom. The number of carbonyl (C=O) groups excluding carboxylic acids is 1. The highest BCUT2D eigenvalue weighted by Gasteiger charge is 2.09. The van der Waals surface area contributed by atoms with Crippen LogP contribution in [0.15, 0.2) is 53.4 Å². The van der Waals surface area contributed by atoms with Crippen LogP contribution in [0.5, 0.6) is 0 Å². The number of allylic oxidation sites excluding steroid dienone is 1. The van der Waals surface area contributed by atoms with Gasteiger partial charge in [-0.3, -0.25) is 0 Å². The molecule has 3 aromatic rings. The van der Waals surface area contributed by atoms with Crippen LogP contribution < -0.4 is 0 Å². The zero-order chi connectivity index (χ0) is 16.2. The highest BCUT2D eigenvalue weighted by atomic mass is 32.1. The molecule has 3 rings (SSSR count). The van der Waals surface area contributed by atoms with Crippen molar-refractivity contribution in [2.45, 2.75) is 20.5 Å². The molecule has 3 aromatic heterocycles. The number of rotatable bonds is 5. The van der Waals surface area contributed by atoms with Gasteiger partial charge in [0.15, 0.2) is 0 Å². The Balaban J connectivity index is 1.68. The first-order valence-corrected chi connectivity index (χ1v) is 9.67. The number of ether oxygens (including phenoxy) is 1. The third kappa shape index (κ3) is 4.19. The molecular weight excluding hydrogens is 344 g/mol. The van der Waals surface area contributed by atoms with E-state index < -0.39 is 0 Å². The lowest BCUT2D eigenvalue weighted by molar-refractivity contribution is -0.138. The van der Waals surface area contributed by atoms with E-state index in [0.717, 1.165) is 10.5 Å². The fourth-order valence-electron chi connectivity index (χ4n) is 2.03. The van der Waals surface area contributed by atoms with Crippen molar-refractivity contribution in [2.24, 2.45) is 0 Å². The summed E-state index contributed by atoms with van der Waals surface area (Å²) in [5.41, 5.74) is 0.946. The molecule has 118 valence electrons. The van der Waals surface area contributed by atoms with Gasteiger partial charge < -0.3 is 4.74 Å². The van der Waals surface area contributed by atoms with Gasteiger partial charge in [-0.2, -0.15) is 0 Å². The van der Waals surface area contributed by atoms with E-state index in [4.69, 9.17) is 4.74 Å². The summed E-state index contributed by atoms with van der Waals surface area (Å²) < 4.78 is 5.25. The third-order valence-corrected chi connectivity index (χ3v) is 6.44. The summed E-state index contributed by atoms with van der Waals surface area (Å²) in [6, 6.07) is 12.7. The van der Waals surface area contributed by atoms with Crippen LogP contribution in [-0.2, 0) is 16.1 Å². The van der Waals surface area contributed by atoms with Gasteiger partial charge in [-0.05, 0) is 49.6 Å². The van der Waals surface area contributed by atoms with Gasteiger partial charge in [-0.25, -0.2) is 4.79 Å². The monoisotopic (exact) mass is 360 g/mol. The summed E-state index contributed by atoms with van der Waals surface area (Å²) in [6.45, 7) is 4.09. The minimum atomic E-state index is -0.281. The lowest BCUT2D eigenvalue weighted by Gasteiger charge is -1.99. The van der Waals surface area contributed by atoms with Crippen LogP contribution in [0.25, 0.3) is 19.5 Å². The van der Waals surface area contributed by atoms with E-state index in [1.54, 1.807) is 34.0 Å². The molecule has 0 atom stereocenters. The van der Waals surface area contributed by atoms with Crippen molar-refractivity contribution in [3.8, 4) is 19.5 Å². The molecule has 0 fully saturated rings. The Kier molecular flexibility index (Phi) is 5.10. The molecule has 0 unspecified atom stereocenters. The van der Waals surface area contributed by atoms with Gasteiger partial charge in [0.05, 0.1) is 0 Å². The summed E-state index contributed by atoms with van der Waals surface area (Å²) >= 11 is 5.22. The summed E-state index contributed by atoms with van der Waals surface area (Å²) in [5.74, 6) is -0.281. The lowest BCUT2D eigenvalue weighted by atomic mass is 10.3. The van der Waals surface area contributed by atoms with Crippen LogP contribution in [0.1, 0.15) is 18.7 Å². The van der Waals surface area contributed by atoms with E-state index in [1.807, 2.05) is 19.9 Å². The molecular formula is C18H16O2S3. The van der Waals surface area contributed by atoms with E-state index >= 15 is 0 Å². The molecule has 0 radical (unpaired) electrons. The van der Waals surface area contributed by atoms with Gasteiger partial charge in [0.25, 0.3) is 0 Å². The molecule has 0 bridgehead atoms. The minimum Gasteiger partial charge on any atom is -0.457 e. The molecule has 0 saturated carbocycles. The van der Waals surface area contributed by atoms with Crippen LogP contribution in [0, 0.1) is 0 Å². The number of thiophene rings is 3. The molecule has 2 nitrogen and oxygen atoms in total. The first-order valence-electron chi connectivity index (χ1n) is 7.16. The van der Waals surface area contributed by atoms with Crippen LogP contribution in [-0.4, -0.2) is 5.97 Å². The summed E-state index contributed by atoms with van der Waals surface area (Å²) in [5, 5.41) is 2.10. The molecule has 0 spiro atoms. The average molecular weight is 361 g/mol. The molecule has 0 amide bonds. The van der Waals surface area contributed by atoms with Gasteiger partial charge in [0, 0.05) is 30.5 Å². The maximum atomic E-state index is 11.5. The van der Waals surface area contributed by atoms with Crippen LogP contribution >= 0.6 is 34.0 Å². The second-order valence-corrected chi connectivity index (χ2v) is 8.44. The standard InChI is InChI=1S/C18H16O2S3/c1-12(2)10-18(19)20-11-13-5-6-16(22-13)17-8-7-15(23-17)14-4-3-9-21-14/h3-10H,11H2,1-2H3. The number of carbonyl (C=O) groups is 1. The van der Waals surface area contributed by atoms with E-state index in [9.17, 15) is 4.79 Å². The molecule has 5 heteroatoms. The Bertz CT molecular complexity index is 818. The molecule has 23 heavy (non-hydrogen) atoms. The molecule has 0 N–H and O–H groups in total. The van der Waals surface area contributed by atoms with Crippen LogP contribution in [0.4, 0.5) is 0 Å². The number of hydrogen-bond acceptors (Lipinski definition) is 5. The van der Waals surface area contributed by atoms with E-state index in [2.05, 4.69) is 35.7 Å². The van der Waals surface area contributed by atoms with Gasteiger partial charge in [0.2, 0.25) is 0 Å². The molecule has 0 aliphatic carbocycles. The summed E-state index contributed by atoms with van der Waals surface area (Å²) in [4.78, 5) is 17.7. The maximum Gasteiger partial charge on any atom is 0.331 e. The Hall–Kier alpha value is -1.69. The first kappa shape index (κ1) is 16.2. The van der Waals surface area contributed by atoms with Gasteiger partial charge in [-0.15, -0.1) is 34.0 Å². The Morgan fingerprint density at radius 1 is 1.00 bits per heavy atom. The van der Waals surface area contributed by atoms with Gasteiger partial charge in [-0.1, -0.05) is 11.6 Å². The van der Waals surface area contributed by atoms with Crippen molar-refractivity contribution < 1.29 is 9.53 Å². The molecule has 0 aromatic carbocycles. The van der Waals surface area contributed by atoms with E-state index in [-0.39, 0.29) is 5.97 Å². The van der Waals surface area contributed by atoms with Crippen molar-refractivity contribution in [3.63, 3.8) is 0 Å². The SMILES string of the molecule is CC(C)=CC(=O)OCc1ccc(-c2ccc(-c3cccs3)s2)s1. The van der Waals surface area contributed by atoms with Crippen LogP contribution in [0.3, 0.4) is 0 Å². The number of esters is 1. The van der Waals surface area contributed by atoms with Gasteiger partial charge >= 0.3 is 5.97 Å². The highest BCUT2D eigenvalue weighted by molar-refractivity contribution is 7.26. The molecule has 0 aliphatic heterocycles. The lowest BCUT2D eigenvalue weighted by Crippen LogP contribution is -2.00. The topological polar surface area (TPSA) is 26.3 Å². The third-order valence-electron chi connectivity index (χ3n) is 3.04. The van der Waals surface area contributed by atoms with Crippen molar-refractivity contribution in [2.75, 3.05) is 0 Å². The average Bonchev–Trinajstić information content (AvgIpc) is 3.23. The largest absolute Gasteiger partial charge is 0.457 e. The first-order chi connectivity index (χ1) is 11.1. The van der Waals surface area contributed by atoms with Gasteiger partial charge in [0.1, 0.15) is 6.61 Å². The quantitative estimate of drug-likeness (QED) is 0.399. The second kappa shape index (κ2) is 7.25. The predicted octanol–water partition coefficient (Wildman–Crippen LogP) is 6.21. The zero-order valence-electron chi connectivity index (χ0n) is 12.9. The normalized spacial score (nSPS) is 10.5. The fourth-order valence-corrected chi connectivity index (χ4v) is 4.88. The maximum absolute atomic E-state index is 11.5. The van der Waals surface area contributed by atoms with Crippen molar-refractivity contribution in [3.05, 3.63) is 58.3 Å². The summed E-state index contributed by atoms with van der Waals surface area (Å²) in [6.07, 6.45) is 1.51. The Morgan fingerprint density at radius 3 is 2.39 bits per heavy atom. The molecule has 3 heterocycles. The zero-order valence-corrected chi connectivity index (χ0v) is 15.3. The smallest absolute Gasteiger partial charge is 0.331 e. The van der Waals surface area contributed by atoms with Crippen molar-refractivity contribution >= 4 is 40.0 Å². The molecule has 0 saturated heterocycles. The predicted molar refractivity (Wildman–Crippen MR) is 100 cm³/mol. The minimum absolute atomic E-state index is 0.281. The van der Waals surface area contributed by atoms with Crippen LogP contribution in [0.2, 0.25) is 0 Å². The fraction of sp³-hybridized carbons (Fsp3) is 0.167. The van der Waals surface area contributed by atoms with Crippen molar-refractivity contribution in [1.29, 1.82) is 0 Å². The van der Waals surface area contributed by atoms with E-state index in [0.29, 0.717) is 6.61 Å². The second-order valence-electron chi connectivity index (χ2n) is 5.24.